The predicted octanol–water partition coefficient (Wildman–Crippen LogP) is 3.96. The van der Waals surface area contributed by atoms with Gasteiger partial charge in [0.15, 0.2) is 15.0 Å². The molecular weight excluding hydrogens is 428 g/mol. The van der Waals surface area contributed by atoms with Gasteiger partial charge in [0.25, 0.3) is 5.91 Å². The predicted molar refractivity (Wildman–Crippen MR) is 129 cm³/mol. The van der Waals surface area contributed by atoms with Crippen molar-refractivity contribution in [3.05, 3.63) is 64.7 Å². The minimum atomic E-state index is -3.09. The second-order valence-electron chi connectivity index (χ2n) is 8.26. The van der Waals surface area contributed by atoms with Crippen molar-refractivity contribution in [2.24, 2.45) is 4.99 Å². The van der Waals surface area contributed by atoms with E-state index in [9.17, 15) is 13.2 Å². The number of rotatable bonds is 5. The van der Waals surface area contributed by atoms with Gasteiger partial charge in [0.05, 0.1) is 24.0 Å². The normalized spacial score (nSPS) is 23.3. The molecule has 5 nitrogen and oxygen atoms in total. The fourth-order valence-corrected chi connectivity index (χ4v) is 8.41. The zero-order chi connectivity index (χ0) is 22.2. The Labute approximate surface area is 188 Å². The van der Waals surface area contributed by atoms with E-state index in [-0.39, 0.29) is 35.1 Å². The minimum absolute atomic E-state index is 0.0925. The van der Waals surface area contributed by atoms with Crippen LogP contribution in [0.15, 0.2) is 47.5 Å². The smallest absolute Gasteiger partial charge is 0.252 e. The lowest BCUT2D eigenvalue weighted by Gasteiger charge is -2.29. The number of carbonyl (C=O) groups excluding carboxylic acids is 1. The number of hydrogen-bond acceptors (Lipinski definition) is 4. The van der Waals surface area contributed by atoms with Crippen LogP contribution in [0.4, 0.5) is 5.69 Å². The van der Waals surface area contributed by atoms with Crippen LogP contribution in [-0.4, -0.2) is 42.3 Å². The van der Waals surface area contributed by atoms with E-state index >= 15 is 0 Å². The maximum Gasteiger partial charge on any atom is 0.252 e. The van der Waals surface area contributed by atoms with Crippen LogP contribution in [0.5, 0.6) is 0 Å². The molecule has 2 fully saturated rings. The second-order valence-corrected chi connectivity index (χ2v) is 11.6. The number of thioether (sulfide) groups is 1. The third kappa shape index (κ3) is 4.58. The summed E-state index contributed by atoms with van der Waals surface area (Å²) in [6.45, 7) is 6.21. The quantitative estimate of drug-likeness (QED) is 0.681. The van der Waals surface area contributed by atoms with E-state index in [0.29, 0.717) is 5.17 Å². The first-order chi connectivity index (χ1) is 14.8. The topological polar surface area (TPSA) is 66.8 Å². The van der Waals surface area contributed by atoms with Gasteiger partial charge in [0, 0.05) is 10.9 Å². The highest BCUT2D eigenvalue weighted by Crippen LogP contribution is 2.43. The Morgan fingerprint density at radius 3 is 2.42 bits per heavy atom. The summed E-state index contributed by atoms with van der Waals surface area (Å²) in [6, 6.07) is 13.9. The summed E-state index contributed by atoms with van der Waals surface area (Å²) in [4.78, 5) is 19.4. The van der Waals surface area contributed by atoms with Crippen LogP contribution >= 0.6 is 11.8 Å². The Balaban J connectivity index is 1.74. The molecule has 0 aromatic heterocycles. The van der Waals surface area contributed by atoms with Crippen molar-refractivity contribution in [1.29, 1.82) is 0 Å². The van der Waals surface area contributed by atoms with Crippen molar-refractivity contribution in [2.45, 2.75) is 51.3 Å². The Morgan fingerprint density at radius 2 is 1.77 bits per heavy atom. The molecule has 0 bridgehead atoms. The average Bonchev–Trinajstić information content (AvgIpc) is 3.17. The number of hydrogen-bond donors (Lipinski definition) is 0. The van der Waals surface area contributed by atoms with Crippen molar-refractivity contribution in [3.8, 4) is 0 Å². The Bertz CT molecular complexity index is 1120. The molecule has 0 spiro atoms. The van der Waals surface area contributed by atoms with Crippen LogP contribution in [0.1, 0.15) is 36.1 Å². The summed E-state index contributed by atoms with van der Waals surface area (Å²) in [5.74, 6) is 0.0457. The first-order valence-electron chi connectivity index (χ1n) is 10.8. The molecule has 2 heterocycles. The van der Waals surface area contributed by atoms with Gasteiger partial charge in [-0.25, -0.2) is 8.42 Å². The largest absolute Gasteiger partial charge is 0.315 e. The van der Waals surface area contributed by atoms with E-state index in [0.717, 1.165) is 40.8 Å². The van der Waals surface area contributed by atoms with E-state index in [4.69, 9.17) is 0 Å². The van der Waals surface area contributed by atoms with Gasteiger partial charge < -0.3 is 4.90 Å². The lowest BCUT2D eigenvalue weighted by Crippen LogP contribution is -2.39. The highest BCUT2D eigenvalue weighted by atomic mass is 32.2. The van der Waals surface area contributed by atoms with Gasteiger partial charge in [-0.05, 0) is 36.5 Å². The third-order valence-electron chi connectivity index (χ3n) is 5.93. The average molecular weight is 457 g/mol. The maximum atomic E-state index is 12.9. The zero-order valence-corrected chi connectivity index (χ0v) is 19.8. The van der Waals surface area contributed by atoms with E-state index in [1.165, 1.54) is 11.8 Å². The van der Waals surface area contributed by atoms with Crippen LogP contribution in [0.3, 0.4) is 0 Å². The first kappa shape index (κ1) is 22.1. The van der Waals surface area contributed by atoms with Crippen LogP contribution in [0.25, 0.3) is 0 Å². The minimum Gasteiger partial charge on any atom is -0.315 e. The summed E-state index contributed by atoms with van der Waals surface area (Å²) in [7, 11) is -3.09. The lowest BCUT2D eigenvalue weighted by molar-refractivity contribution is -0.117. The molecule has 0 N–H and O–H groups in total. The number of anilines is 1. The van der Waals surface area contributed by atoms with Crippen molar-refractivity contribution in [2.75, 3.05) is 16.4 Å². The van der Waals surface area contributed by atoms with Crippen molar-refractivity contribution in [1.82, 2.24) is 0 Å². The van der Waals surface area contributed by atoms with E-state index < -0.39 is 9.84 Å². The van der Waals surface area contributed by atoms with Gasteiger partial charge >= 0.3 is 0 Å². The van der Waals surface area contributed by atoms with Crippen molar-refractivity contribution >= 4 is 38.4 Å². The molecule has 164 valence electrons. The Kier molecular flexibility index (Phi) is 6.26. The molecule has 2 aromatic carbocycles. The number of nitrogens with zero attached hydrogens (tertiary/aromatic N) is 2. The molecule has 31 heavy (non-hydrogen) atoms. The van der Waals surface area contributed by atoms with Crippen LogP contribution < -0.4 is 4.90 Å². The number of aliphatic imine (C=N–C) groups is 1. The first-order valence-corrected chi connectivity index (χ1v) is 13.5. The van der Waals surface area contributed by atoms with Crippen LogP contribution in [0, 0.1) is 6.92 Å². The molecule has 1 amide bonds. The number of amides is 1. The Hall–Kier alpha value is -2.12. The van der Waals surface area contributed by atoms with Gasteiger partial charge in [0.1, 0.15) is 0 Å². The van der Waals surface area contributed by atoms with E-state index in [1.807, 2.05) is 37.3 Å². The molecule has 0 aliphatic carbocycles. The standard InChI is InChI=1S/C24H28N2O3S2/c1-4-18-10-7-11-19(5-2)23(18)26-20-14-31(28,29)15-21(20)30-24(26)25-22(27)13-17-9-6-8-16(3)12-17/h6-12,20-21H,4-5,13-15H2,1-3H3/t20-,21+/m0/s1. The summed E-state index contributed by atoms with van der Waals surface area (Å²) < 4.78 is 24.8. The fraction of sp³-hybridized carbons (Fsp3) is 0.417. The summed E-state index contributed by atoms with van der Waals surface area (Å²) in [6.07, 6.45) is 1.90. The fourth-order valence-electron chi connectivity index (χ4n) is 4.49. The van der Waals surface area contributed by atoms with Crippen LogP contribution in [0.2, 0.25) is 0 Å². The monoisotopic (exact) mass is 456 g/mol. The van der Waals surface area contributed by atoms with Gasteiger partial charge in [-0.15, -0.1) is 0 Å². The molecular formula is C24H28N2O3S2. The van der Waals surface area contributed by atoms with Gasteiger partial charge in [-0.1, -0.05) is 73.6 Å². The van der Waals surface area contributed by atoms with Crippen molar-refractivity contribution in [3.63, 3.8) is 0 Å². The van der Waals surface area contributed by atoms with Gasteiger partial charge in [-0.2, -0.15) is 4.99 Å². The molecule has 4 rings (SSSR count). The molecule has 2 aliphatic rings. The molecule has 0 radical (unpaired) electrons. The number of benzene rings is 2. The zero-order valence-electron chi connectivity index (χ0n) is 18.2. The number of fused-ring (bicyclic) bond motifs is 1. The van der Waals surface area contributed by atoms with E-state index in [2.05, 4.69) is 35.9 Å². The highest BCUT2D eigenvalue weighted by Gasteiger charge is 2.50. The van der Waals surface area contributed by atoms with Gasteiger partial charge in [0.2, 0.25) is 0 Å². The molecule has 7 heteroatoms. The second kappa shape index (κ2) is 8.79. The molecule has 0 unspecified atom stereocenters. The van der Waals surface area contributed by atoms with E-state index in [1.54, 1.807) is 0 Å². The SMILES string of the molecule is CCc1cccc(CC)c1N1C(=NC(=O)Cc2cccc(C)c2)S[C@@H]2CS(=O)(=O)C[C@@H]21. The summed E-state index contributed by atoms with van der Waals surface area (Å²) >= 11 is 1.44. The molecule has 2 aliphatic heterocycles. The van der Waals surface area contributed by atoms with Crippen LogP contribution in [-0.2, 0) is 33.9 Å². The van der Waals surface area contributed by atoms with Crippen molar-refractivity contribution < 1.29 is 13.2 Å². The number of para-hydroxylation sites is 1. The maximum absolute atomic E-state index is 12.9. The Morgan fingerprint density at radius 1 is 1.10 bits per heavy atom. The molecule has 2 saturated heterocycles. The molecule has 2 atom stereocenters. The number of sulfone groups is 1. The molecule has 0 saturated carbocycles. The number of aryl methyl sites for hydroxylation is 3. The number of amidine groups is 1. The summed E-state index contributed by atoms with van der Waals surface area (Å²) in [5, 5.41) is 0.545. The highest BCUT2D eigenvalue weighted by molar-refractivity contribution is 8.16. The third-order valence-corrected chi connectivity index (χ3v) is 9.14. The molecule has 2 aromatic rings. The van der Waals surface area contributed by atoms with Gasteiger partial charge in [-0.3, -0.25) is 4.79 Å². The lowest BCUT2D eigenvalue weighted by atomic mass is 10.0. The number of carbonyl (C=O) groups is 1. The summed E-state index contributed by atoms with van der Waals surface area (Å²) in [5.41, 5.74) is 5.40.